The molecule has 6 heteroatoms. The van der Waals surface area contributed by atoms with Gasteiger partial charge in [0, 0.05) is 25.7 Å². The van der Waals surface area contributed by atoms with E-state index in [1.165, 1.54) is 12.8 Å². The molecule has 6 nitrogen and oxygen atoms in total. The minimum absolute atomic E-state index is 0.175. The van der Waals surface area contributed by atoms with Crippen LogP contribution in [-0.2, 0) is 28.4 Å². The van der Waals surface area contributed by atoms with Crippen LogP contribution >= 0.6 is 0 Å². The van der Waals surface area contributed by atoms with Crippen LogP contribution in [0, 0.1) is 12.3 Å². The van der Waals surface area contributed by atoms with Gasteiger partial charge in [-0.25, -0.2) is 0 Å². The standard InChI is InChI=1S/C21H30O6/c1-2-13-22-17-16(15-14-23-20(25-15)9-5-3-6-10-20)24-19-18(17)26-21(27-19)11-7-4-8-12-21/h1,15-19H,3-14H2/t15-,16-,17+,18-,19-/m1/s1. The van der Waals surface area contributed by atoms with Crippen LogP contribution in [0.4, 0.5) is 0 Å². The van der Waals surface area contributed by atoms with Crippen LogP contribution in [0.3, 0.4) is 0 Å². The van der Waals surface area contributed by atoms with E-state index >= 15 is 0 Å². The van der Waals surface area contributed by atoms with Crippen LogP contribution in [0.5, 0.6) is 0 Å². The molecule has 3 saturated heterocycles. The van der Waals surface area contributed by atoms with Crippen LogP contribution in [0.1, 0.15) is 64.2 Å². The Hall–Kier alpha value is -0.680. The Kier molecular flexibility index (Phi) is 4.96. The van der Waals surface area contributed by atoms with Gasteiger partial charge >= 0.3 is 0 Å². The number of ether oxygens (including phenoxy) is 6. The highest BCUT2D eigenvalue weighted by molar-refractivity contribution is 5.02. The quantitative estimate of drug-likeness (QED) is 0.704. The van der Waals surface area contributed by atoms with E-state index in [0.29, 0.717) is 6.61 Å². The first kappa shape index (κ1) is 18.4. The van der Waals surface area contributed by atoms with E-state index in [2.05, 4.69) is 5.92 Å². The van der Waals surface area contributed by atoms with Crippen molar-refractivity contribution in [2.75, 3.05) is 13.2 Å². The molecule has 5 fully saturated rings. The SMILES string of the molecule is C#CCO[C@@H]1[C@H]2OC3(CCCCC3)O[C@H]2O[C@@H]1[C@H]1COC2(CCCCC2)O1. The zero-order chi connectivity index (χ0) is 18.3. The molecule has 0 radical (unpaired) electrons. The number of terminal acetylenes is 1. The van der Waals surface area contributed by atoms with Crippen molar-refractivity contribution < 1.29 is 28.4 Å². The summed E-state index contributed by atoms with van der Waals surface area (Å²) >= 11 is 0. The summed E-state index contributed by atoms with van der Waals surface area (Å²) in [6, 6.07) is 0. The third-order valence-electron chi connectivity index (χ3n) is 6.72. The predicted octanol–water partition coefficient (Wildman–Crippen LogP) is 2.88. The fourth-order valence-corrected chi connectivity index (χ4v) is 5.41. The van der Waals surface area contributed by atoms with Crippen LogP contribution in [0.15, 0.2) is 0 Å². The molecule has 5 aliphatic rings. The maximum absolute atomic E-state index is 6.41. The molecule has 3 aliphatic heterocycles. The minimum Gasteiger partial charge on any atom is -0.360 e. The summed E-state index contributed by atoms with van der Waals surface area (Å²) in [4.78, 5) is 0. The minimum atomic E-state index is -0.506. The van der Waals surface area contributed by atoms with E-state index in [1.54, 1.807) is 0 Å². The Labute approximate surface area is 161 Å². The summed E-state index contributed by atoms with van der Waals surface area (Å²) in [6.45, 7) is 0.744. The molecule has 0 N–H and O–H groups in total. The third kappa shape index (κ3) is 3.33. The highest BCUT2D eigenvalue weighted by atomic mass is 16.9. The van der Waals surface area contributed by atoms with Crippen LogP contribution in [0.2, 0.25) is 0 Å². The molecule has 150 valence electrons. The molecule has 0 aromatic carbocycles. The van der Waals surface area contributed by atoms with Gasteiger partial charge in [-0.2, -0.15) is 0 Å². The topological polar surface area (TPSA) is 55.4 Å². The number of rotatable bonds is 3. The van der Waals surface area contributed by atoms with Gasteiger partial charge in [0.25, 0.3) is 0 Å². The van der Waals surface area contributed by atoms with E-state index in [4.69, 9.17) is 34.8 Å². The van der Waals surface area contributed by atoms with Gasteiger partial charge < -0.3 is 28.4 Å². The van der Waals surface area contributed by atoms with E-state index in [-0.39, 0.29) is 31.0 Å². The van der Waals surface area contributed by atoms with Crippen molar-refractivity contribution in [2.24, 2.45) is 0 Å². The number of hydrogen-bond donors (Lipinski definition) is 0. The number of hydrogen-bond acceptors (Lipinski definition) is 6. The van der Waals surface area contributed by atoms with Crippen molar-refractivity contribution in [2.45, 2.75) is 106 Å². The van der Waals surface area contributed by atoms with Crippen molar-refractivity contribution in [3.05, 3.63) is 0 Å². The Morgan fingerprint density at radius 3 is 2.26 bits per heavy atom. The van der Waals surface area contributed by atoms with Crippen LogP contribution < -0.4 is 0 Å². The first-order chi connectivity index (χ1) is 13.2. The molecule has 27 heavy (non-hydrogen) atoms. The largest absolute Gasteiger partial charge is 0.360 e. The molecule has 2 spiro atoms. The highest BCUT2D eigenvalue weighted by Crippen LogP contribution is 2.48. The van der Waals surface area contributed by atoms with Gasteiger partial charge in [0.05, 0.1) is 6.61 Å². The molecule has 2 saturated carbocycles. The first-order valence-electron chi connectivity index (χ1n) is 10.6. The van der Waals surface area contributed by atoms with Gasteiger partial charge in [0.2, 0.25) is 0 Å². The van der Waals surface area contributed by atoms with E-state index < -0.39 is 17.9 Å². The summed E-state index contributed by atoms with van der Waals surface area (Å²) in [5, 5.41) is 0. The van der Waals surface area contributed by atoms with Crippen molar-refractivity contribution >= 4 is 0 Å². The summed E-state index contributed by atoms with van der Waals surface area (Å²) in [5.74, 6) is 1.62. The third-order valence-corrected chi connectivity index (χ3v) is 6.72. The van der Waals surface area contributed by atoms with Gasteiger partial charge in [-0.15, -0.1) is 6.42 Å². The lowest BCUT2D eigenvalue weighted by Crippen LogP contribution is -2.46. The zero-order valence-electron chi connectivity index (χ0n) is 15.9. The Morgan fingerprint density at radius 2 is 1.56 bits per heavy atom. The van der Waals surface area contributed by atoms with Gasteiger partial charge in [-0.3, -0.25) is 0 Å². The fourth-order valence-electron chi connectivity index (χ4n) is 5.41. The zero-order valence-corrected chi connectivity index (χ0v) is 15.9. The lowest BCUT2D eigenvalue weighted by Gasteiger charge is -2.35. The Morgan fingerprint density at radius 1 is 0.852 bits per heavy atom. The van der Waals surface area contributed by atoms with Gasteiger partial charge in [0.15, 0.2) is 17.9 Å². The molecule has 5 atom stereocenters. The monoisotopic (exact) mass is 378 g/mol. The molecule has 0 aromatic heterocycles. The maximum atomic E-state index is 6.41. The molecule has 0 aromatic rings. The summed E-state index contributed by atoms with van der Waals surface area (Å²) < 4.78 is 37.5. The maximum Gasteiger partial charge on any atom is 0.190 e. The Bertz CT molecular complexity index is 574. The molecular formula is C21H30O6. The van der Waals surface area contributed by atoms with Gasteiger partial charge in [-0.05, 0) is 25.7 Å². The molecular weight excluding hydrogens is 348 g/mol. The summed E-state index contributed by atoms with van der Waals surface area (Å²) in [5.41, 5.74) is 0. The van der Waals surface area contributed by atoms with E-state index in [0.717, 1.165) is 51.4 Å². The summed E-state index contributed by atoms with van der Waals surface area (Å²) in [7, 11) is 0. The van der Waals surface area contributed by atoms with Crippen molar-refractivity contribution in [1.82, 2.24) is 0 Å². The molecule has 0 unspecified atom stereocenters. The molecule has 0 bridgehead atoms. The average molecular weight is 378 g/mol. The molecule has 5 rings (SSSR count). The number of fused-ring (bicyclic) bond motifs is 1. The lowest BCUT2D eigenvalue weighted by molar-refractivity contribution is -0.261. The lowest BCUT2D eigenvalue weighted by atomic mass is 9.94. The first-order valence-corrected chi connectivity index (χ1v) is 10.6. The van der Waals surface area contributed by atoms with Crippen LogP contribution in [-0.4, -0.2) is 55.5 Å². The normalized spacial score (nSPS) is 42.4. The second kappa shape index (κ2) is 7.29. The summed E-state index contributed by atoms with van der Waals surface area (Å²) in [6.07, 6.45) is 14.8. The predicted molar refractivity (Wildman–Crippen MR) is 95.6 cm³/mol. The second-order valence-electron chi connectivity index (χ2n) is 8.56. The van der Waals surface area contributed by atoms with Crippen molar-refractivity contribution in [1.29, 1.82) is 0 Å². The molecule has 0 amide bonds. The highest BCUT2D eigenvalue weighted by Gasteiger charge is 2.61. The Balaban J connectivity index is 1.30. The fraction of sp³-hybridized carbons (Fsp3) is 0.905. The van der Waals surface area contributed by atoms with E-state index in [1.807, 2.05) is 0 Å². The van der Waals surface area contributed by atoms with Crippen LogP contribution in [0.25, 0.3) is 0 Å². The van der Waals surface area contributed by atoms with E-state index in [9.17, 15) is 0 Å². The van der Waals surface area contributed by atoms with Crippen molar-refractivity contribution in [3.8, 4) is 12.3 Å². The second-order valence-corrected chi connectivity index (χ2v) is 8.56. The van der Waals surface area contributed by atoms with Crippen molar-refractivity contribution in [3.63, 3.8) is 0 Å². The van der Waals surface area contributed by atoms with Gasteiger partial charge in [0.1, 0.15) is 31.0 Å². The molecule has 2 aliphatic carbocycles. The average Bonchev–Trinajstić information content (AvgIpc) is 3.33. The smallest absolute Gasteiger partial charge is 0.190 e. The molecule has 3 heterocycles. The van der Waals surface area contributed by atoms with Gasteiger partial charge in [-0.1, -0.05) is 18.8 Å².